The lowest BCUT2D eigenvalue weighted by Gasteiger charge is -2.46. The van der Waals surface area contributed by atoms with Crippen molar-refractivity contribution in [2.24, 2.45) is 5.73 Å². The van der Waals surface area contributed by atoms with Gasteiger partial charge in [0.05, 0.1) is 10.4 Å². The Hall–Kier alpha value is -0.490. The first-order valence-electron chi connectivity index (χ1n) is 6.28. The van der Waals surface area contributed by atoms with Gasteiger partial charge in [-0.3, -0.25) is 9.88 Å². The summed E-state index contributed by atoms with van der Waals surface area (Å²) in [6.07, 6.45) is 5.66. The number of thiazole rings is 1. The van der Waals surface area contributed by atoms with Crippen LogP contribution in [0.4, 0.5) is 0 Å². The van der Waals surface area contributed by atoms with Crippen LogP contribution in [-0.4, -0.2) is 40.2 Å². The summed E-state index contributed by atoms with van der Waals surface area (Å²) in [4.78, 5) is 7.55. The van der Waals surface area contributed by atoms with Crippen LogP contribution in [-0.2, 0) is 5.60 Å². The molecule has 1 aromatic rings. The Morgan fingerprint density at radius 3 is 2.65 bits per heavy atom. The zero-order valence-electron chi connectivity index (χ0n) is 9.88. The van der Waals surface area contributed by atoms with E-state index in [4.69, 9.17) is 5.73 Å². The molecule has 1 aliphatic carbocycles. The van der Waals surface area contributed by atoms with E-state index in [9.17, 15) is 5.11 Å². The lowest BCUT2D eigenvalue weighted by atomic mass is 9.80. The van der Waals surface area contributed by atoms with Gasteiger partial charge in [0.15, 0.2) is 0 Å². The molecule has 1 saturated carbocycles. The van der Waals surface area contributed by atoms with Gasteiger partial charge in [-0.25, -0.2) is 0 Å². The van der Waals surface area contributed by atoms with Gasteiger partial charge < -0.3 is 10.8 Å². The molecule has 4 nitrogen and oxygen atoms in total. The Kier molecular flexibility index (Phi) is 2.94. The number of aliphatic hydroxyl groups is 1. The summed E-state index contributed by atoms with van der Waals surface area (Å²) < 4.78 is 0. The lowest BCUT2D eigenvalue weighted by molar-refractivity contribution is -0.0353. The van der Waals surface area contributed by atoms with E-state index >= 15 is 0 Å². The van der Waals surface area contributed by atoms with E-state index in [-0.39, 0.29) is 0 Å². The minimum atomic E-state index is -0.620. The molecule has 1 aromatic heterocycles. The summed E-state index contributed by atoms with van der Waals surface area (Å²) in [5, 5.41) is 10.6. The average molecular weight is 253 g/mol. The molecule has 0 spiro atoms. The minimum absolute atomic E-state index is 0.373. The number of hydrogen-bond acceptors (Lipinski definition) is 5. The third kappa shape index (κ3) is 2.12. The highest BCUT2D eigenvalue weighted by Gasteiger charge is 2.39. The van der Waals surface area contributed by atoms with E-state index in [1.54, 1.807) is 16.8 Å². The quantitative estimate of drug-likeness (QED) is 0.822. The van der Waals surface area contributed by atoms with Gasteiger partial charge in [-0.05, 0) is 25.7 Å². The third-order valence-electron chi connectivity index (χ3n) is 4.13. The van der Waals surface area contributed by atoms with Crippen molar-refractivity contribution in [2.45, 2.75) is 43.4 Å². The van der Waals surface area contributed by atoms with Crippen LogP contribution < -0.4 is 5.73 Å². The average Bonchev–Trinajstić information content (AvgIpc) is 2.80. The van der Waals surface area contributed by atoms with Crippen molar-refractivity contribution in [3.63, 3.8) is 0 Å². The lowest BCUT2D eigenvalue weighted by Crippen LogP contribution is -2.60. The fourth-order valence-electron chi connectivity index (χ4n) is 2.98. The molecule has 2 aliphatic rings. The Bertz CT molecular complexity index is 367. The third-order valence-corrected chi connectivity index (χ3v) is 5.09. The molecule has 5 heteroatoms. The molecule has 0 radical (unpaired) electrons. The van der Waals surface area contributed by atoms with Gasteiger partial charge >= 0.3 is 0 Å². The van der Waals surface area contributed by atoms with Crippen LogP contribution in [0.3, 0.4) is 0 Å². The van der Waals surface area contributed by atoms with E-state index in [2.05, 4.69) is 9.88 Å². The zero-order valence-corrected chi connectivity index (χ0v) is 10.7. The SMILES string of the molecule is NC1CN([C@H]2CC[C@@](O)(c3cncs3)CC2)C1. The number of rotatable bonds is 2. The Morgan fingerprint density at radius 1 is 1.41 bits per heavy atom. The predicted octanol–water partition coefficient (Wildman–Crippen LogP) is 0.916. The van der Waals surface area contributed by atoms with Crippen LogP contribution in [0.1, 0.15) is 30.6 Å². The first kappa shape index (κ1) is 11.6. The molecule has 0 aromatic carbocycles. The van der Waals surface area contributed by atoms with Crippen molar-refractivity contribution < 1.29 is 5.11 Å². The highest BCUT2D eigenvalue weighted by molar-refractivity contribution is 7.09. The minimum Gasteiger partial charge on any atom is -0.384 e. The highest BCUT2D eigenvalue weighted by Crippen LogP contribution is 2.40. The van der Waals surface area contributed by atoms with Crippen molar-refractivity contribution in [1.82, 2.24) is 9.88 Å². The van der Waals surface area contributed by atoms with Gasteiger partial charge in [-0.2, -0.15) is 0 Å². The zero-order chi connectivity index (χ0) is 11.9. The molecule has 1 saturated heterocycles. The van der Waals surface area contributed by atoms with Crippen LogP contribution in [0.15, 0.2) is 11.7 Å². The second kappa shape index (κ2) is 4.31. The second-order valence-corrected chi connectivity index (χ2v) is 6.23. The number of nitrogens with two attached hydrogens (primary N) is 1. The van der Waals surface area contributed by atoms with E-state index in [0.717, 1.165) is 43.6 Å². The molecule has 17 heavy (non-hydrogen) atoms. The van der Waals surface area contributed by atoms with Gasteiger partial charge in [-0.15, -0.1) is 11.3 Å². The molecule has 0 bridgehead atoms. The van der Waals surface area contributed by atoms with Gasteiger partial charge in [0, 0.05) is 31.4 Å². The molecule has 94 valence electrons. The smallest absolute Gasteiger partial charge is 0.100 e. The molecule has 0 amide bonds. The second-order valence-electron chi connectivity index (χ2n) is 5.34. The largest absolute Gasteiger partial charge is 0.384 e. The Labute approximate surface area is 105 Å². The fourth-order valence-corrected chi connectivity index (χ4v) is 3.76. The topological polar surface area (TPSA) is 62.4 Å². The summed E-state index contributed by atoms with van der Waals surface area (Å²) in [6, 6.07) is 1.00. The maximum Gasteiger partial charge on any atom is 0.100 e. The number of hydrogen-bond donors (Lipinski definition) is 2. The van der Waals surface area contributed by atoms with Gasteiger partial charge in [0.25, 0.3) is 0 Å². The summed E-state index contributed by atoms with van der Waals surface area (Å²) in [5.74, 6) is 0. The summed E-state index contributed by atoms with van der Waals surface area (Å²) in [5.41, 5.74) is 6.99. The van der Waals surface area contributed by atoms with Crippen molar-refractivity contribution in [2.75, 3.05) is 13.1 Å². The van der Waals surface area contributed by atoms with E-state index in [0.29, 0.717) is 12.1 Å². The molecule has 3 rings (SSSR count). The Morgan fingerprint density at radius 2 is 2.12 bits per heavy atom. The number of aromatic nitrogens is 1. The van der Waals surface area contributed by atoms with Crippen molar-refractivity contribution in [3.8, 4) is 0 Å². The predicted molar refractivity (Wildman–Crippen MR) is 67.8 cm³/mol. The van der Waals surface area contributed by atoms with Crippen LogP contribution >= 0.6 is 11.3 Å². The van der Waals surface area contributed by atoms with Crippen LogP contribution in [0, 0.1) is 0 Å². The molecule has 3 N–H and O–H groups in total. The fraction of sp³-hybridized carbons (Fsp3) is 0.750. The monoisotopic (exact) mass is 253 g/mol. The van der Waals surface area contributed by atoms with E-state index in [1.807, 2.05) is 6.20 Å². The molecule has 2 heterocycles. The molecule has 0 unspecified atom stereocenters. The standard InChI is InChI=1S/C12H19N3OS/c13-9-6-15(7-9)10-1-3-12(16,4-2-10)11-5-14-8-17-11/h5,8-10,16H,1-4,6-7,13H2/t10-,12-. The summed E-state index contributed by atoms with van der Waals surface area (Å²) in [7, 11) is 0. The molecule has 1 aliphatic heterocycles. The van der Waals surface area contributed by atoms with Gasteiger partial charge in [0.2, 0.25) is 0 Å². The van der Waals surface area contributed by atoms with Gasteiger partial charge in [-0.1, -0.05) is 0 Å². The molecule has 2 fully saturated rings. The van der Waals surface area contributed by atoms with E-state index in [1.165, 1.54) is 0 Å². The van der Waals surface area contributed by atoms with Crippen molar-refractivity contribution >= 4 is 11.3 Å². The number of nitrogens with zero attached hydrogens (tertiary/aromatic N) is 2. The first-order valence-corrected chi connectivity index (χ1v) is 7.16. The maximum absolute atomic E-state index is 10.6. The number of likely N-dealkylation sites (tertiary alicyclic amines) is 1. The van der Waals surface area contributed by atoms with E-state index < -0.39 is 5.60 Å². The first-order chi connectivity index (χ1) is 8.17. The Balaban J connectivity index is 1.60. The van der Waals surface area contributed by atoms with Gasteiger partial charge in [0.1, 0.15) is 5.60 Å². The van der Waals surface area contributed by atoms with Crippen LogP contribution in [0.5, 0.6) is 0 Å². The normalized spacial score (nSPS) is 35.8. The van der Waals surface area contributed by atoms with Crippen LogP contribution in [0.2, 0.25) is 0 Å². The highest BCUT2D eigenvalue weighted by atomic mass is 32.1. The molecule has 0 atom stereocenters. The van der Waals surface area contributed by atoms with Crippen molar-refractivity contribution in [1.29, 1.82) is 0 Å². The summed E-state index contributed by atoms with van der Waals surface area (Å²) in [6.45, 7) is 2.06. The maximum atomic E-state index is 10.6. The van der Waals surface area contributed by atoms with Crippen molar-refractivity contribution in [3.05, 3.63) is 16.6 Å². The molecular formula is C12H19N3OS. The van der Waals surface area contributed by atoms with Crippen LogP contribution in [0.25, 0.3) is 0 Å². The summed E-state index contributed by atoms with van der Waals surface area (Å²) >= 11 is 1.56. The molecular weight excluding hydrogens is 234 g/mol.